The topological polar surface area (TPSA) is 70.6 Å². The van der Waals surface area contributed by atoms with E-state index in [2.05, 4.69) is 6.07 Å². The quantitative estimate of drug-likeness (QED) is 0.804. The number of nitrogens with zero attached hydrogens (tertiary/aromatic N) is 3. The molecule has 8 heteroatoms. The van der Waals surface area contributed by atoms with E-state index < -0.39 is 10.0 Å². The lowest BCUT2D eigenvalue weighted by Gasteiger charge is -2.34. The summed E-state index contributed by atoms with van der Waals surface area (Å²) in [5.41, 5.74) is 0.979. The third kappa shape index (κ3) is 3.37. The molecule has 0 N–H and O–H groups in total. The molecule has 0 aliphatic carbocycles. The number of fused-ring (bicyclic) bond motifs is 1. The minimum Gasteiger partial charge on any atom is -0.333 e. The molecule has 140 valence electrons. The summed E-state index contributed by atoms with van der Waals surface area (Å²) in [5, 5.41) is 0.993. The molecule has 0 spiro atoms. The molecule has 0 bridgehead atoms. The lowest BCUT2D eigenvalue weighted by Crippen LogP contribution is -2.46. The number of carbonyl (C=O) groups excluding carboxylic acids is 1. The lowest BCUT2D eigenvalue weighted by atomic mass is 9.97. The van der Waals surface area contributed by atoms with Crippen molar-refractivity contribution in [3.63, 3.8) is 0 Å². The molecule has 2 fully saturated rings. The highest BCUT2D eigenvalue weighted by molar-refractivity contribution is 7.88. The Bertz CT molecular complexity index is 892. The van der Waals surface area contributed by atoms with Gasteiger partial charge in [-0.3, -0.25) is 4.79 Å². The summed E-state index contributed by atoms with van der Waals surface area (Å²) < 4.78 is 26.3. The van der Waals surface area contributed by atoms with Gasteiger partial charge in [0.05, 0.1) is 28.4 Å². The summed E-state index contributed by atoms with van der Waals surface area (Å²) in [6.07, 6.45) is 4.61. The molecule has 6 nitrogen and oxygen atoms in total. The summed E-state index contributed by atoms with van der Waals surface area (Å²) >= 11 is 1.66. The van der Waals surface area contributed by atoms with Crippen LogP contribution in [0.4, 0.5) is 0 Å². The van der Waals surface area contributed by atoms with Crippen molar-refractivity contribution in [2.45, 2.75) is 31.7 Å². The van der Waals surface area contributed by atoms with E-state index in [-0.39, 0.29) is 17.9 Å². The molecular weight excluding hydrogens is 370 g/mol. The van der Waals surface area contributed by atoms with Crippen molar-refractivity contribution in [1.29, 1.82) is 0 Å². The number of piperidine rings is 1. The third-order valence-corrected chi connectivity index (χ3v) is 7.74. The fraction of sp³-hybridized carbons (Fsp3) is 0.556. The minimum atomic E-state index is -3.25. The second kappa shape index (κ2) is 6.90. The second-order valence-electron chi connectivity index (χ2n) is 7.17. The van der Waals surface area contributed by atoms with E-state index in [1.807, 2.05) is 23.1 Å². The van der Waals surface area contributed by atoms with E-state index in [9.17, 15) is 13.2 Å². The van der Waals surface area contributed by atoms with Crippen molar-refractivity contribution in [3.8, 4) is 0 Å². The van der Waals surface area contributed by atoms with Crippen molar-refractivity contribution in [3.05, 3.63) is 29.3 Å². The Morgan fingerprint density at radius 3 is 2.73 bits per heavy atom. The Morgan fingerprint density at radius 2 is 1.96 bits per heavy atom. The number of aromatic nitrogens is 1. The van der Waals surface area contributed by atoms with Crippen molar-refractivity contribution in [2.75, 3.05) is 25.9 Å². The predicted octanol–water partition coefficient (Wildman–Crippen LogP) is 2.63. The van der Waals surface area contributed by atoms with Crippen LogP contribution in [0, 0.1) is 5.92 Å². The number of benzene rings is 1. The molecule has 2 aliphatic rings. The van der Waals surface area contributed by atoms with Crippen molar-refractivity contribution >= 4 is 37.5 Å². The maximum atomic E-state index is 13.2. The van der Waals surface area contributed by atoms with Crippen LogP contribution < -0.4 is 0 Å². The van der Waals surface area contributed by atoms with Crippen LogP contribution in [0.2, 0.25) is 0 Å². The van der Waals surface area contributed by atoms with E-state index in [1.165, 1.54) is 10.6 Å². The van der Waals surface area contributed by atoms with E-state index >= 15 is 0 Å². The maximum absolute atomic E-state index is 13.2. The summed E-state index contributed by atoms with van der Waals surface area (Å²) in [5.74, 6) is -0.159. The zero-order valence-electron chi connectivity index (χ0n) is 14.8. The fourth-order valence-corrected chi connectivity index (χ4v) is 6.03. The van der Waals surface area contributed by atoms with Gasteiger partial charge in [-0.2, -0.15) is 0 Å². The zero-order chi connectivity index (χ0) is 18.3. The summed E-state index contributed by atoms with van der Waals surface area (Å²) in [4.78, 5) is 19.8. The first-order chi connectivity index (χ1) is 12.4. The molecular formula is C18H23N3O3S2. The number of hydrogen-bond donors (Lipinski definition) is 0. The van der Waals surface area contributed by atoms with E-state index in [1.54, 1.807) is 11.3 Å². The summed E-state index contributed by atoms with van der Waals surface area (Å²) in [6.45, 7) is 1.56. The van der Waals surface area contributed by atoms with Gasteiger partial charge in [-0.05, 0) is 37.8 Å². The average molecular weight is 394 g/mol. The average Bonchev–Trinajstić information content (AvgIpc) is 3.26. The van der Waals surface area contributed by atoms with Gasteiger partial charge in [-0.15, -0.1) is 11.3 Å². The predicted molar refractivity (Wildman–Crippen MR) is 102 cm³/mol. The lowest BCUT2D eigenvalue weighted by molar-refractivity contribution is -0.137. The molecule has 3 heterocycles. The van der Waals surface area contributed by atoms with Crippen LogP contribution >= 0.6 is 11.3 Å². The van der Waals surface area contributed by atoms with Crippen LogP contribution in [-0.2, 0) is 14.8 Å². The van der Waals surface area contributed by atoms with Gasteiger partial charge in [0.2, 0.25) is 15.9 Å². The van der Waals surface area contributed by atoms with Crippen LogP contribution in [0.15, 0.2) is 24.3 Å². The SMILES string of the molecule is CS(=O)(=O)N1CCCC(C(=O)N2CCCC2c2nc3ccccc3s2)C1. The molecule has 26 heavy (non-hydrogen) atoms. The van der Waals surface area contributed by atoms with Crippen LogP contribution in [0.1, 0.15) is 36.7 Å². The first kappa shape index (κ1) is 17.9. The van der Waals surface area contributed by atoms with Crippen LogP contribution in [0.5, 0.6) is 0 Å². The number of rotatable bonds is 3. The second-order valence-corrected chi connectivity index (χ2v) is 10.2. The van der Waals surface area contributed by atoms with E-state index in [0.717, 1.165) is 47.5 Å². The van der Waals surface area contributed by atoms with Gasteiger partial charge in [-0.25, -0.2) is 17.7 Å². The van der Waals surface area contributed by atoms with Gasteiger partial charge in [0, 0.05) is 19.6 Å². The maximum Gasteiger partial charge on any atom is 0.227 e. The summed E-state index contributed by atoms with van der Waals surface area (Å²) in [7, 11) is -3.25. The summed E-state index contributed by atoms with van der Waals surface area (Å²) in [6, 6.07) is 8.06. The Balaban J connectivity index is 1.55. The molecule has 0 radical (unpaired) electrons. The molecule has 1 aromatic carbocycles. The monoisotopic (exact) mass is 393 g/mol. The van der Waals surface area contributed by atoms with Crippen LogP contribution in [0.3, 0.4) is 0 Å². The Kier molecular flexibility index (Phi) is 4.75. The Labute approximate surface area is 157 Å². The molecule has 2 saturated heterocycles. The number of hydrogen-bond acceptors (Lipinski definition) is 5. The van der Waals surface area contributed by atoms with Crippen molar-refractivity contribution in [1.82, 2.24) is 14.2 Å². The molecule has 0 saturated carbocycles. The molecule has 1 aromatic heterocycles. The Hall–Kier alpha value is -1.51. The minimum absolute atomic E-state index is 0.0218. The van der Waals surface area contributed by atoms with Gasteiger partial charge >= 0.3 is 0 Å². The highest BCUT2D eigenvalue weighted by Crippen LogP contribution is 2.38. The number of carbonyl (C=O) groups is 1. The largest absolute Gasteiger partial charge is 0.333 e. The normalized spacial score (nSPS) is 25.0. The molecule has 2 aromatic rings. The zero-order valence-corrected chi connectivity index (χ0v) is 16.4. The number of para-hydroxylation sites is 1. The molecule has 2 unspecified atom stereocenters. The standard InChI is InChI=1S/C18H23N3O3S2/c1-26(23,24)20-10-4-6-13(12-20)18(22)21-11-5-8-15(21)17-19-14-7-2-3-9-16(14)25-17/h2-3,7,9,13,15H,4-6,8,10-12H2,1H3. The highest BCUT2D eigenvalue weighted by Gasteiger charge is 2.38. The Morgan fingerprint density at radius 1 is 1.19 bits per heavy atom. The fourth-order valence-electron chi connectivity index (χ4n) is 4.00. The van der Waals surface area contributed by atoms with Gasteiger partial charge in [0.25, 0.3) is 0 Å². The third-order valence-electron chi connectivity index (χ3n) is 5.33. The highest BCUT2D eigenvalue weighted by atomic mass is 32.2. The van der Waals surface area contributed by atoms with Crippen LogP contribution in [0.25, 0.3) is 10.2 Å². The number of amides is 1. The van der Waals surface area contributed by atoms with Gasteiger partial charge in [-0.1, -0.05) is 12.1 Å². The van der Waals surface area contributed by atoms with Gasteiger partial charge in [0.15, 0.2) is 0 Å². The van der Waals surface area contributed by atoms with Crippen molar-refractivity contribution in [2.24, 2.45) is 5.92 Å². The first-order valence-electron chi connectivity index (χ1n) is 9.04. The van der Waals surface area contributed by atoms with Gasteiger partial charge < -0.3 is 4.90 Å². The van der Waals surface area contributed by atoms with E-state index in [4.69, 9.17) is 4.98 Å². The van der Waals surface area contributed by atoms with Crippen LogP contribution in [-0.4, -0.2) is 54.4 Å². The number of sulfonamides is 1. The smallest absolute Gasteiger partial charge is 0.227 e. The van der Waals surface area contributed by atoms with Gasteiger partial charge in [0.1, 0.15) is 5.01 Å². The number of likely N-dealkylation sites (tertiary alicyclic amines) is 1. The molecule has 4 rings (SSSR count). The van der Waals surface area contributed by atoms with Crippen molar-refractivity contribution < 1.29 is 13.2 Å². The van der Waals surface area contributed by atoms with E-state index in [0.29, 0.717) is 13.1 Å². The molecule has 1 amide bonds. The first-order valence-corrected chi connectivity index (χ1v) is 11.7. The number of thiazole rings is 1. The molecule has 2 aliphatic heterocycles. The molecule has 2 atom stereocenters.